The number of esters is 1. The van der Waals surface area contributed by atoms with E-state index < -0.39 is 5.97 Å². The maximum Gasteiger partial charge on any atom is 0.358 e. The Morgan fingerprint density at radius 1 is 1.52 bits per heavy atom. The molecule has 7 heteroatoms. The molecule has 116 valence electrons. The Balaban J connectivity index is 2.08. The van der Waals surface area contributed by atoms with Crippen molar-refractivity contribution in [2.75, 3.05) is 32.1 Å². The molecule has 1 atom stereocenters. The van der Waals surface area contributed by atoms with Crippen molar-refractivity contribution in [2.24, 2.45) is 0 Å². The van der Waals surface area contributed by atoms with Gasteiger partial charge in [0.2, 0.25) is 0 Å². The minimum Gasteiger partial charge on any atom is -0.461 e. The molecule has 0 radical (unpaired) electrons. The van der Waals surface area contributed by atoms with Crippen LogP contribution >= 0.6 is 11.3 Å². The van der Waals surface area contributed by atoms with Crippen LogP contribution in [0.15, 0.2) is 0 Å². The van der Waals surface area contributed by atoms with Crippen molar-refractivity contribution in [1.29, 1.82) is 0 Å². The van der Waals surface area contributed by atoms with Gasteiger partial charge in [-0.15, -0.1) is 0 Å². The molecule has 1 fully saturated rings. The van der Waals surface area contributed by atoms with Crippen molar-refractivity contribution in [3.05, 3.63) is 10.6 Å². The number of nitrogens with zero attached hydrogens (tertiary/aromatic N) is 2. The van der Waals surface area contributed by atoms with Gasteiger partial charge in [-0.3, -0.25) is 4.79 Å². The molecule has 0 saturated carbocycles. The van der Waals surface area contributed by atoms with Crippen LogP contribution in [0.1, 0.15) is 46.8 Å². The number of likely N-dealkylation sites (tertiary alicyclic amines) is 1. The lowest BCUT2D eigenvalue weighted by molar-refractivity contribution is 0.0517. The summed E-state index contributed by atoms with van der Waals surface area (Å²) in [5.74, 6) is -0.702. The zero-order chi connectivity index (χ0) is 15.4. The fraction of sp³-hybridized carbons (Fsp3) is 0.643. The number of anilines is 1. The number of hydrogen-bond acceptors (Lipinski definition) is 7. The predicted octanol–water partition coefficient (Wildman–Crippen LogP) is 2.03. The number of hydrogen-bond donors (Lipinski definition) is 1. The van der Waals surface area contributed by atoms with Crippen molar-refractivity contribution in [3.63, 3.8) is 0 Å². The molecule has 1 aliphatic heterocycles. The normalized spacial score (nSPS) is 18.7. The zero-order valence-electron chi connectivity index (χ0n) is 12.6. The Bertz CT molecular complexity index is 530. The van der Waals surface area contributed by atoms with Crippen LogP contribution in [0.3, 0.4) is 0 Å². The van der Waals surface area contributed by atoms with Gasteiger partial charge in [-0.05, 0) is 33.4 Å². The minimum atomic E-state index is -0.537. The predicted molar refractivity (Wildman–Crippen MR) is 82.2 cm³/mol. The van der Waals surface area contributed by atoms with E-state index in [1.165, 1.54) is 24.7 Å². The number of carbonyl (C=O) groups is 2. The maximum atomic E-state index is 11.8. The zero-order valence-corrected chi connectivity index (χ0v) is 13.5. The third kappa shape index (κ3) is 3.79. The van der Waals surface area contributed by atoms with Gasteiger partial charge in [0.05, 0.1) is 6.61 Å². The first-order valence-electron chi connectivity index (χ1n) is 7.16. The van der Waals surface area contributed by atoms with Crippen LogP contribution in [0.25, 0.3) is 0 Å². The number of Topliss-reactive ketones (excluding diaryl/α,β-unsaturated/α-hetero) is 1. The topological polar surface area (TPSA) is 71.5 Å². The lowest BCUT2D eigenvalue weighted by Crippen LogP contribution is -2.31. The van der Waals surface area contributed by atoms with Crippen molar-refractivity contribution in [2.45, 2.75) is 32.7 Å². The van der Waals surface area contributed by atoms with E-state index in [9.17, 15) is 9.59 Å². The number of nitrogens with one attached hydrogen (secondary N) is 1. The summed E-state index contributed by atoms with van der Waals surface area (Å²) >= 11 is 1.22. The highest BCUT2D eigenvalue weighted by molar-refractivity contribution is 7.17. The SMILES string of the molecule is CCOC(=O)c1nc(NCC2CCCN2C)sc1C(C)=O. The van der Waals surface area contributed by atoms with Gasteiger partial charge in [-0.1, -0.05) is 11.3 Å². The average molecular weight is 311 g/mol. The summed E-state index contributed by atoms with van der Waals surface area (Å²) in [6.07, 6.45) is 2.35. The van der Waals surface area contributed by atoms with Gasteiger partial charge in [-0.2, -0.15) is 0 Å². The first kappa shape index (κ1) is 15.9. The van der Waals surface area contributed by atoms with Crippen LogP contribution in [0, 0.1) is 0 Å². The van der Waals surface area contributed by atoms with Gasteiger partial charge in [-0.25, -0.2) is 9.78 Å². The molecular formula is C14H21N3O3S. The third-order valence-electron chi connectivity index (χ3n) is 3.58. The van der Waals surface area contributed by atoms with Gasteiger partial charge >= 0.3 is 5.97 Å². The summed E-state index contributed by atoms with van der Waals surface area (Å²) in [5.41, 5.74) is 0.122. The lowest BCUT2D eigenvalue weighted by Gasteiger charge is -2.19. The van der Waals surface area contributed by atoms with Crippen molar-refractivity contribution < 1.29 is 14.3 Å². The van der Waals surface area contributed by atoms with Crippen LogP contribution < -0.4 is 5.32 Å². The lowest BCUT2D eigenvalue weighted by atomic mass is 10.2. The molecular weight excluding hydrogens is 290 g/mol. The second-order valence-corrected chi connectivity index (χ2v) is 6.13. The Hall–Kier alpha value is -1.47. The minimum absolute atomic E-state index is 0.122. The van der Waals surface area contributed by atoms with E-state index in [0.29, 0.717) is 16.1 Å². The fourth-order valence-electron chi connectivity index (χ4n) is 2.41. The average Bonchev–Trinajstić information content (AvgIpc) is 3.03. The largest absolute Gasteiger partial charge is 0.461 e. The summed E-state index contributed by atoms with van der Waals surface area (Å²) in [6.45, 7) is 5.31. The number of ketones is 1. The molecule has 1 unspecified atom stereocenters. The van der Waals surface area contributed by atoms with Crippen LogP contribution in [0.5, 0.6) is 0 Å². The molecule has 2 rings (SSSR count). The second kappa shape index (κ2) is 7.00. The van der Waals surface area contributed by atoms with E-state index in [4.69, 9.17) is 4.74 Å². The van der Waals surface area contributed by atoms with Crippen molar-refractivity contribution in [3.8, 4) is 0 Å². The molecule has 0 amide bonds. The molecule has 1 aliphatic rings. The van der Waals surface area contributed by atoms with Gasteiger partial charge in [0.25, 0.3) is 0 Å². The fourth-order valence-corrected chi connectivity index (χ4v) is 3.27. The highest BCUT2D eigenvalue weighted by Crippen LogP contribution is 2.25. The monoisotopic (exact) mass is 311 g/mol. The van der Waals surface area contributed by atoms with Crippen LogP contribution in [0.4, 0.5) is 5.13 Å². The number of carbonyl (C=O) groups excluding carboxylic acids is 2. The summed E-state index contributed by atoms with van der Waals surface area (Å²) in [5, 5.41) is 3.84. The van der Waals surface area contributed by atoms with Gasteiger partial charge in [0.15, 0.2) is 16.6 Å². The van der Waals surface area contributed by atoms with Gasteiger partial charge in [0.1, 0.15) is 4.88 Å². The van der Waals surface area contributed by atoms with E-state index in [0.717, 1.165) is 19.5 Å². The summed E-state index contributed by atoms with van der Waals surface area (Å²) in [6, 6.07) is 0.473. The molecule has 21 heavy (non-hydrogen) atoms. The van der Waals surface area contributed by atoms with Crippen LogP contribution in [0.2, 0.25) is 0 Å². The second-order valence-electron chi connectivity index (χ2n) is 5.13. The highest BCUT2D eigenvalue weighted by Gasteiger charge is 2.24. The number of likely N-dealkylation sites (N-methyl/N-ethyl adjacent to an activating group) is 1. The van der Waals surface area contributed by atoms with E-state index in [2.05, 4.69) is 22.2 Å². The van der Waals surface area contributed by atoms with Gasteiger partial charge < -0.3 is 15.0 Å². The number of rotatable bonds is 6. The molecule has 1 N–H and O–H groups in total. The third-order valence-corrected chi connectivity index (χ3v) is 4.69. The van der Waals surface area contributed by atoms with E-state index >= 15 is 0 Å². The molecule has 0 aliphatic carbocycles. The van der Waals surface area contributed by atoms with Crippen molar-refractivity contribution in [1.82, 2.24) is 9.88 Å². The van der Waals surface area contributed by atoms with E-state index in [-0.39, 0.29) is 18.1 Å². The molecule has 1 saturated heterocycles. The number of ether oxygens (including phenoxy) is 1. The number of aromatic nitrogens is 1. The molecule has 0 spiro atoms. The molecule has 0 bridgehead atoms. The van der Waals surface area contributed by atoms with Crippen LogP contribution in [-0.2, 0) is 4.74 Å². The maximum absolute atomic E-state index is 11.8. The van der Waals surface area contributed by atoms with Gasteiger partial charge in [0, 0.05) is 19.5 Å². The molecule has 6 nitrogen and oxygen atoms in total. The van der Waals surface area contributed by atoms with Crippen molar-refractivity contribution >= 4 is 28.2 Å². The Labute approximate surface area is 128 Å². The standard InChI is InChI=1S/C14H21N3O3S/c1-4-20-13(19)11-12(9(2)18)21-14(16-11)15-8-10-6-5-7-17(10)3/h10H,4-8H2,1-3H3,(H,15,16). The quantitative estimate of drug-likeness (QED) is 0.640. The molecule has 1 aromatic rings. The highest BCUT2D eigenvalue weighted by atomic mass is 32.1. The van der Waals surface area contributed by atoms with E-state index in [1.807, 2.05) is 0 Å². The van der Waals surface area contributed by atoms with Crippen LogP contribution in [-0.4, -0.2) is 54.4 Å². The summed E-state index contributed by atoms with van der Waals surface area (Å²) < 4.78 is 4.94. The Morgan fingerprint density at radius 2 is 2.29 bits per heavy atom. The molecule has 0 aromatic carbocycles. The Morgan fingerprint density at radius 3 is 2.86 bits per heavy atom. The molecule has 2 heterocycles. The Kier molecular flexibility index (Phi) is 5.30. The first-order chi connectivity index (χ1) is 10.0. The smallest absolute Gasteiger partial charge is 0.358 e. The number of thiazole rings is 1. The van der Waals surface area contributed by atoms with E-state index in [1.54, 1.807) is 6.92 Å². The summed E-state index contributed by atoms with van der Waals surface area (Å²) in [7, 11) is 2.10. The first-order valence-corrected chi connectivity index (χ1v) is 7.97. The summed E-state index contributed by atoms with van der Waals surface area (Å²) in [4.78, 5) is 30.3. The molecule has 1 aromatic heterocycles.